The molecule has 2 aliphatic heterocycles. The van der Waals surface area contributed by atoms with Crippen LogP contribution in [0.5, 0.6) is 0 Å². The van der Waals surface area contributed by atoms with Gasteiger partial charge in [0.25, 0.3) is 5.91 Å². The van der Waals surface area contributed by atoms with E-state index in [1.165, 1.54) is 12.8 Å². The summed E-state index contributed by atoms with van der Waals surface area (Å²) >= 11 is 0. The van der Waals surface area contributed by atoms with Crippen LogP contribution in [-0.4, -0.2) is 77.1 Å². The molecule has 2 amide bonds. The average Bonchev–Trinajstić information content (AvgIpc) is 3.84. The van der Waals surface area contributed by atoms with Crippen molar-refractivity contribution in [1.82, 2.24) is 19.8 Å². The van der Waals surface area contributed by atoms with Gasteiger partial charge in [-0.25, -0.2) is 9.97 Å². The Labute approximate surface area is 257 Å². The second kappa shape index (κ2) is 12.0. The van der Waals surface area contributed by atoms with Gasteiger partial charge in [0, 0.05) is 61.9 Å². The van der Waals surface area contributed by atoms with Crippen molar-refractivity contribution in [3.8, 4) is 11.1 Å². The molecule has 9 nitrogen and oxygen atoms in total. The lowest BCUT2D eigenvalue weighted by Gasteiger charge is -2.32. The minimum absolute atomic E-state index is 0.0337. The number of amides is 2. The molecular weight excluding hydrogens is 550 g/mol. The molecule has 0 spiro atoms. The molecule has 1 aliphatic carbocycles. The van der Waals surface area contributed by atoms with Crippen molar-refractivity contribution in [2.24, 2.45) is 10.9 Å². The van der Waals surface area contributed by atoms with E-state index < -0.39 is 5.92 Å². The molecule has 1 aromatic heterocycles. The van der Waals surface area contributed by atoms with Crippen molar-refractivity contribution in [2.45, 2.75) is 18.8 Å². The third-order valence-electron chi connectivity index (χ3n) is 8.61. The molecule has 4 aromatic rings. The third kappa shape index (κ3) is 5.96. The lowest BCUT2D eigenvalue weighted by atomic mass is 9.90. The van der Waals surface area contributed by atoms with Crippen molar-refractivity contribution >= 4 is 34.8 Å². The predicted octanol–water partition coefficient (Wildman–Crippen LogP) is 5.21. The second-order valence-electron chi connectivity index (χ2n) is 11.8. The fourth-order valence-electron chi connectivity index (χ4n) is 5.75. The normalized spacial score (nSPS) is 18.6. The van der Waals surface area contributed by atoms with Gasteiger partial charge in [0.1, 0.15) is 5.92 Å². The SMILES string of the molecule is CN1CCN(C(=O)c2ccc(N=C(c3ccccc3)C3C(=O)Nc4cc(-c5cnc(NCC6CC6)nc5)ccc43)cc2)CC1. The first-order chi connectivity index (χ1) is 21.5. The Morgan fingerprint density at radius 2 is 1.64 bits per heavy atom. The van der Waals surface area contributed by atoms with Crippen LogP contribution in [0.3, 0.4) is 0 Å². The number of hydrogen-bond acceptors (Lipinski definition) is 7. The largest absolute Gasteiger partial charge is 0.354 e. The first-order valence-corrected chi connectivity index (χ1v) is 15.2. The van der Waals surface area contributed by atoms with E-state index in [-0.39, 0.29) is 11.8 Å². The summed E-state index contributed by atoms with van der Waals surface area (Å²) in [5.41, 5.74) is 6.28. The Hall–Kier alpha value is -4.89. The van der Waals surface area contributed by atoms with E-state index in [4.69, 9.17) is 4.99 Å². The number of likely N-dealkylation sites (N-methyl/N-ethyl adjacent to an activating group) is 1. The maximum Gasteiger partial charge on any atom is 0.253 e. The van der Waals surface area contributed by atoms with Crippen molar-refractivity contribution in [2.75, 3.05) is 50.4 Å². The van der Waals surface area contributed by atoms with Crippen LogP contribution in [-0.2, 0) is 4.79 Å². The number of aliphatic imine (C=N–C) groups is 1. The Kier molecular flexibility index (Phi) is 7.62. The van der Waals surface area contributed by atoms with Crippen LogP contribution < -0.4 is 10.6 Å². The average molecular weight is 586 g/mol. The summed E-state index contributed by atoms with van der Waals surface area (Å²) in [6.45, 7) is 4.11. The minimum atomic E-state index is -0.585. The zero-order valence-electron chi connectivity index (χ0n) is 24.7. The fraction of sp³-hybridized carbons (Fsp3) is 0.286. The molecule has 9 heteroatoms. The number of nitrogens with one attached hydrogen (secondary N) is 2. The van der Waals surface area contributed by atoms with E-state index in [2.05, 4.69) is 32.5 Å². The number of carbonyl (C=O) groups is 2. The monoisotopic (exact) mass is 585 g/mol. The topological polar surface area (TPSA) is 103 Å². The molecule has 1 saturated heterocycles. The maximum absolute atomic E-state index is 13.5. The Balaban J connectivity index is 1.15. The van der Waals surface area contributed by atoms with Gasteiger partial charge >= 0.3 is 0 Å². The summed E-state index contributed by atoms with van der Waals surface area (Å²) in [5, 5.41) is 6.38. The van der Waals surface area contributed by atoms with Gasteiger partial charge < -0.3 is 20.4 Å². The molecule has 7 rings (SSSR count). The molecule has 1 atom stereocenters. The van der Waals surface area contributed by atoms with Crippen molar-refractivity contribution in [1.29, 1.82) is 0 Å². The summed E-state index contributed by atoms with van der Waals surface area (Å²) < 4.78 is 0. The Bertz CT molecular complexity index is 1690. The van der Waals surface area contributed by atoms with Crippen LogP contribution in [0.4, 0.5) is 17.3 Å². The third-order valence-corrected chi connectivity index (χ3v) is 8.61. The summed E-state index contributed by atoms with van der Waals surface area (Å²) in [4.78, 5) is 44.7. The van der Waals surface area contributed by atoms with Crippen LogP contribution in [0.15, 0.2) is 90.2 Å². The number of carbonyl (C=O) groups excluding carboxylic acids is 2. The quantitative estimate of drug-likeness (QED) is 0.275. The zero-order valence-corrected chi connectivity index (χ0v) is 24.7. The van der Waals surface area contributed by atoms with Gasteiger partial charge in [-0.3, -0.25) is 14.6 Å². The number of nitrogens with zero attached hydrogens (tertiary/aromatic N) is 5. The minimum Gasteiger partial charge on any atom is -0.354 e. The van der Waals surface area contributed by atoms with Gasteiger partial charge in [0.2, 0.25) is 11.9 Å². The zero-order chi connectivity index (χ0) is 30.0. The van der Waals surface area contributed by atoms with Crippen LogP contribution in [0, 0.1) is 5.92 Å². The number of benzene rings is 3. The molecular formula is C35H35N7O2. The molecule has 3 aromatic carbocycles. The summed E-state index contributed by atoms with van der Waals surface area (Å²) in [6, 6.07) is 23.1. The molecule has 2 fully saturated rings. The summed E-state index contributed by atoms with van der Waals surface area (Å²) in [5.74, 6) is 0.699. The van der Waals surface area contributed by atoms with E-state index >= 15 is 0 Å². The van der Waals surface area contributed by atoms with Gasteiger partial charge in [-0.15, -0.1) is 0 Å². The van der Waals surface area contributed by atoms with E-state index in [1.807, 2.05) is 90.1 Å². The van der Waals surface area contributed by atoms with Gasteiger partial charge in [-0.05, 0) is 72.8 Å². The molecule has 2 N–H and O–H groups in total. The molecule has 222 valence electrons. The smallest absolute Gasteiger partial charge is 0.253 e. The number of aromatic nitrogens is 2. The second-order valence-corrected chi connectivity index (χ2v) is 11.8. The van der Waals surface area contributed by atoms with Crippen molar-refractivity contribution in [3.63, 3.8) is 0 Å². The van der Waals surface area contributed by atoms with Gasteiger partial charge in [0.15, 0.2) is 0 Å². The lowest BCUT2D eigenvalue weighted by Crippen LogP contribution is -2.47. The maximum atomic E-state index is 13.5. The van der Waals surface area contributed by atoms with Gasteiger partial charge in [0.05, 0.1) is 11.4 Å². The summed E-state index contributed by atoms with van der Waals surface area (Å²) in [7, 11) is 2.07. The van der Waals surface area contributed by atoms with Crippen molar-refractivity contribution < 1.29 is 9.59 Å². The molecule has 3 heterocycles. The van der Waals surface area contributed by atoms with Crippen LogP contribution in [0.2, 0.25) is 0 Å². The van der Waals surface area contributed by atoms with Crippen LogP contribution in [0.25, 0.3) is 11.1 Å². The van der Waals surface area contributed by atoms with E-state index in [0.29, 0.717) is 22.9 Å². The number of hydrogen-bond donors (Lipinski definition) is 2. The highest BCUT2D eigenvalue weighted by Gasteiger charge is 2.35. The fourth-order valence-corrected chi connectivity index (χ4v) is 5.75. The standard InChI is InChI=1S/C35H35N7O2/c1-41-15-17-42(18-16-41)34(44)25-9-12-28(13-10-25)39-32(24-5-3-2-4-6-24)31-29-14-11-26(19-30(29)40-33(31)43)27-21-37-35(38-22-27)36-20-23-7-8-23/h2-6,9-14,19,21-23,31H,7-8,15-18,20H2,1H3,(H,40,43)(H,36,37,38). The molecule has 0 bridgehead atoms. The van der Waals surface area contributed by atoms with E-state index in [9.17, 15) is 9.59 Å². The van der Waals surface area contributed by atoms with E-state index in [1.54, 1.807) is 0 Å². The van der Waals surface area contributed by atoms with Gasteiger partial charge in [-0.2, -0.15) is 0 Å². The molecule has 3 aliphatic rings. The van der Waals surface area contributed by atoms with Crippen LogP contribution in [0.1, 0.15) is 40.2 Å². The first-order valence-electron chi connectivity index (χ1n) is 15.2. The molecule has 1 unspecified atom stereocenters. The number of rotatable bonds is 8. The number of piperazine rings is 1. The van der Waals surface area contributed by atoms with Crippen molar-refractivity contribution in [3.05, 3.63) is 102 Å². The van der Waals surface area contributed by atoms with E-state index in [0.717, 1.165) is 66.6 Å². The van der Waals surface area contributed by atoms with Crippen LogP contribution >= 0.6 is 0 Å². The molecule has 0 radical (unpaired) electrons. The molecule has 1 saturated carbocycles. The highest BCUT2D eigenvalue weighted by atomic mass is 16.2. The van der Waals surface area contributed by atoms with Gasteiger partial charge in [-0.1, -0.05) is 42.5 Å². The Morgan fingerprint density at radius 3 is 2.34 bits per heavy atom. The Morgan fingerprint density at radius 1 is 0.909 bits per heavy atom. The predicted molar refractivity (Wildman–Crippen MR) is 173 cm³/mol. The lowest BCUT2D eigenvalue weighted by molar-refractivity contribution is -0.115. The molecule has 44 heavy (non-hydrogen) atoms. The highest BCUT2D eigenvalue weighted by Crippen LogP contribution is 2.38. The first kappa shape index (κ1) is 27.9. The summed E-state index contributed by atoms with van der Waals surface area (Å²) in [6.07, 6.45) is 6.17. The number of anilines is 2. The highest BCUT2D eigenvalue weighted by molar-refractivity contribution is 6.24. The number of fused-ring (bicyclic) bond motifs is 1.